The van der Waals surface area contributed by atoms with Crippen LogP contribution in [0.5, 0.6) is 0 Å². The molecule has 0 saturated carbocycles. The van der Waals surface area contributed by atoms with Crippen LogP contribution in [0.15, 0.2) is 29.8 Å². The molecule has 0 bridgehead atoms. The smallest absolute Gasteiger partial charge is 0.254 e. The molecule has 0 fully saturated rings. The van der Waals surface area contributed by atoms with Crippen molar-refractivity contribution in [1.29, 1.82) is 0 Å². The molecule has 0 aliphatic heterocycles. The molecule has 0 unspecified atom stereocenters. The maximum atomic E-state index is 13.7. The SMILES string of the molecule is Cc1cccc(C(=O)NCCC2=CCCC2)c1F. The van der Waals surface area contributed by atoms with Crippen molar-refractivity contribution in [1.82, 2.24) is 5.32 Å². The van der Waals surface area contributed by atoms with Crippen molar-refractivity contribution >= 4 is 5.91 Å². The Bertz CT molecular complexity index is 479. The lowest BCUT2D eigenvalue weighted by Crippen LogP contribution is -2.25. The first kappa shape index (κ1) is 12.8. The molecule has 1 aliphatic rings. The second-order valence-corrected chi connectivity index (χ2v) is 4.70. The molecule has 1 aliphatic carbocycles. The van der Waals surface area contributed by atoms with E-state index in [-0.39, 0.29) is 11.5 Å². The second-order valence-electron chi connectivity index (χ2n) is 4.70. The van der Waals surface area contributed by atoms with E-state index in [0.29, 0.717) is 12.1 Å². The zero-order valence-electron chi connectivity index (χ0n) is 10.6. The number of hydrogen-bond acceptors (Lipinski definition) is 1. The molecular formula is C15H18FNO. The topological polar surface area (TPSA) is 29.1 Å². The third-order valence-corrected chi connectivity index (χ3v) is 3.30. The van der Waals surface area contributed by atoms with Crippen molar-refractivity contribution in [3.63, 3.8) is 0 Å². The van der Waals surface area contributed by atoms with E-state index in [1.54, 1.807) is 19.1 Å². The van der Waals surface area contributed by atoms with Crippen LogP contribution in [0.3, 0.4) is 0 Å². The summed E-state index contributed by atoms with van der Waals surface area (Å²) in [7, 11) is 0. The van der Waals surface area contributed by atoms with Crippen molar-refractivity contribution in [2.75, 3.05) is 6.54 Å². The highest BCUT2D eigenvalue weighted by molar-refractivity contribution is 5.94. The summed E-state index contributed by atoms with van der Waals surface area (Å²) >= 11 is 0. The quantitative estimate of drug-likeness (QED) is 0.812. The summed E-state index contributed by atoms with van der Waals surface area (Å²) in [5, 5.41) is 2.77. The van der Waals surface area contributed by atoms with Crippen molar-refractivity contribution < 1.29 is 9.18 Å². The van der Waals surface area contributed by atoms with Crippen LogP contribution in [-0.4, -0.2) is 12.5 Å². The molecule has 0 radical (unpaired) electrons. The Morgan fingerprint density at radius 2 is 2.28 bits per heavy atom. The normalized spacial score (nSPS) is 14.4. The van der Waals surface area contributed by atoms with Crippen LogP contribution in [-0.2, 0) is 0 Å². The molecular weight excluding hydrogens is 229 g/mol. The molecule has 1 aromatic rings. The summed E-state index contributed by atoms with van der Waals surface area (Å²) in [5.41, 5.74) is 2.04. The van der Waals surface area contributed by atoms with Crippen LogP contribution < -0.4 is 5.32 Å². The average molecular weight is 247 g/mol. The van der Waals surface area contributed by atoms with E-state index >= 15 is 0 Å². The van der Waals surface area contributed by atoms with Crippen LogP contribution in [0.25, 0.3) is 0 Å². The van der Waals surface area contributed by atoms with Crippen LogP contribution in [0, 0.1) is 12.7 Å². The molecule has 1 amide bonds. The molecule has 1 aromatic carbocycles. The van der Waals surface area contributed by atoms with Gasteiger partial charge in [-0.1, -0.05) is 23.8 Å². The molecule has 2 rings (SSSR count). The zero-order valence-corrected chi connectivity index (χ0v) is 10.6. The van der Waals surface area contributed by atoms with Crippen LogP contribution in [0.2, 0.25) is 0 Å². The monoisotopic (exact) mass is 247 g/mol. The Hall–Kier alpha value is -1.64. The van der Waals surface area contributed by atoms with Crippen molar-refractivity contribution in [3.8, 4) is 0 Å². The first-order valence-electron chi connectivity index (χ1n) is 6.39. The van der Waals surface area contributed by atoms with Crippen molar-refractivity contribution in [2.24, 2.45) is 0 Å². The lowest BCUT2D eigenvalue weighted by atomic mass is 10.1. The number of halogens is 1. The molecule has 2 nitrogen and oxygen atoms in total. The number of carbonyl (C=O) groups excluding carboxylic acids is 1. The summed E-state index contributed by atoms with van der Waals surface area (Å²) in [5.74, 6) is -0.745. The predicted molar refractivity (Wildman–Crippen MR) is 70.0 cm³/mol. The Balaban J connectivity index is 1.89. The van der Waals surface area contributed by atoms with Gasteiger partial charge < -0.3 is 5.32 Å². The Morgan fingerprint density at radius 3 is 3.00 bits per heavy atom. The standard InChI is InChI=1S/C15H18FNO/c1-11-5-4-8-13(14(11)16)15(18)17-10-9-12-6-2-3-7-12/h4-6,8H,2-3,7,9-10H2,1H3,(H,17,18). The van der Waals surface area contributed by atoms with Gasteiger partial charge in [0.2, 0.25) is 0 Å². The number of carbonyl (C=O) groups is 1. The van der Waals surface area contributed by atoms with Gasteiger partial charge in [-0.2, -0.15) is 0 Å². The fraction of sp³-hybridized carbons (Fsp3) is 0.400. The Morgan fingerprint density at radius 1 is 1.44 bits per heavy atom. The summed E-state index contributed by atoms with van der Waals surface area (Å²) in [6.07, 6.45) is 6.61. The molecule has 0 saturated heterocycles. The largest absolute Gasteiger partial charge is 0.352 e. The number of hydrogen-bond donors (Lipinski definition) is 1. The van der Waals surface area contributed by atoms with Gasteiger partial charge in [0.1, 0.15) is 5.82 Å². The number of amides is 1. The van der Waals surface area contributed by atoms with E-state index in [2.05, 4.69) is 11.4 Å². The van der Waals surface area contributed by atoms with Gasteiger partial charge in [-0.25, -0.2) is 4.39 Å². The molecule has 0 heterocycles. The molecule has 1 N–H and O–H groups in total. The van der Waals surface area contributed by atoms with Crippen LogP contribution in [0.1, 0.15) is 41.6 Å². The first-order valence-corrected chi connectivity index (χ1v) is 6.39. The van der Waals surface area contributed by atoms with E-state index in [1.807, 2.05) is 0 Å². The van der Waals surface area contributed by atoms with Crippen LogP contribution in [0.4, 0.5) is 4.39 Å². The highest BCUT2D eigenvalue weighted by atomic mass is 19.1. The fourth-order valence-electron chi connectivity index (χ4n) is 2.22. The minimum absolute atomic E-state index is 0.135. The van der Waals surface area contributed by atoms with Gasteiger partial charge in [-0.05, 0) is 44.2 Å². The van der Waals surface area contributed by atoms with E-state index in [4.69, 9.17) is 0 Å². The number of rotatable bonds is 4. The predicted octanol–water partition coefficient (Wildman–Crippen LogP) is 3.36. The minimum atomic E-state index is -0.421. The van der Waals surface area contributed by atoms with E-state index < -0.39 is 5.82 Å². The zero-order chi connectivity index (χ0) is 13.0. The van der Waals surface area contributed by atoms with Crippen molar-refractivity contribution in [2.45, 2.75) is 32.6 Å². The van der Waals surface area contributed by atoms with Gasteiger partial charge in [0, 0.05) is 6.54 Å². The number of benzene rings is 1. The van der Waals surface area contributed by atoms with E-state index in [0.717, 1.165) is 19.3 Å². The molecule has 0 aromatic heterocycles. The molecule has 3 heteroatoms. The summed E-state index contributed by atoms with van der Waals surface area (Å²) in [4.78, 5) is 11.8. The number of aryl methyl sites for hydroxylation is 1. The third kappa shape index (κ3) is 2.97. The second kappa shape index (κ2) is 5.80. The van der Waals surface area contributed by atoms with Gasteiger partial charge in [0.25, 0.3) is 5.91 Å². The maximum absolute atomic E-state index is 13.7. The van der Waals surface area contributed by atoms with Crippen molar-refractivity contribution in [3.05, 3.63) is 46.8 Å². The highest BCUT2D eigenvalue weighted by Crippen LogP contribution is 2.19. The van der Waals surface area contributed by atoms with E-state index in [1.165, 1.54) is 18.1 Å². The summed E-state index contributed by atoms with van der Waals surface area (Å²) in [6.45, 7) is 2.24. The minimum Gasteiger partial charge on any atom is -0.352 e. The fourth-order valence-corrected chi connectivity index (χ4v) is 2.22. The average Bonchev–Trinajstić information content (AvgIpc) is 2.85. The first-order chi connectivity index (χ1) is 8.68. The maximum Gasteiger partial charge on any atom is 0.254 e. The van der Waals surface area contributed by atoms with Gasteiger partial charge in [0.15, 0.2) is 0 Å². The molecule has 0 atom stereocenters. The molecule has 0 spiro atoms. The van der Waals surface area contributed by atoms with Gasteiger partial charge in [-0.3, -0.25) is 4.79 Å². The van der Waals surface area contributed by atoms with Gasteiger partial charge in [0.05, 0.1) is 5.56 Å². The summed E-state index contributed by atoms with van der Waals surface area (Å²) < 4.78 is 13.7. The summed E-state index contributed by atoms with van der Waals surface area (Å²) in [6, 6.07) is 4.88. The Kier molecular flexibility index (Phi) is 4.13. The highest BCUT2D eigenvalue weighted by Gasteiger charge is 2.12. The van der Waals surface area contributed by atoms with Gasteiger partial charge >= 0.3 is 0 Å². The molecule has 96 valence electrons. The van der Waals surface area contributed by atoms with Gasteiger partial charge in [-0.15, -0.1) is 0 Å². The van der Waals surface area contributed by atoms with Crippen LogP contribution >= 0.6 is 0 Å². The number of allylic oxidation sites excluding steroid dienone is 1. The lowest BCUT2D eigenvalue weighted by molar-refractivity contribution is 0.0950. The lowest BCUT2D eigenvalue weighted by Gasteiger charge is -2.07. The number of nitrogens with one attached hydrogen (secondary N) is 1. The van der Waals surface area contributed by atoms with E-state index in [9.17, 15) is 9.18 Å². The molecule has 18 heavy (non-hydrogen) atoms. The third-order valence-electron chi connectivity index (χ3n) is 3.30. The Labute approximate surface area is 107 Å².